The maximum Gasteiger partial charge on any atom is 0.124 e. The zero-order valence-corrected chi connectivity index (χ0v) is 17.5. The van der Waals surface area contributed by atoms with Gasteiger partial charge in [0.25, 0.3) is 0 Å². The Morgan fingerprint density at radius 2 is 1.88 bits per heavy atom. The summed E-state index contributed by atoms with van der Waals surface area (Å²) in [4.78, 5) is 0. The van der Waals surface area contributed by atoms with Crippen molar-refractivity contribution in [3.05, 3.63) is 63.6 Å². The number of hydrogen-bond acceptors (Lipinski definition) is 3. The lowest BCUT2D eigenvalue weighted by Gasteiger charge is -2.13. The van der Waals surface area contributed by atoms with E-state index in [4.69, 9.17) is 9.47 Å². The number of benzene rings is 2. The van der Waals surface area contributed by atoms with Crippen LogP contribution in [-0.2, 0) is 17.9 Å². The molecule has 0 unspecified atom stereocenters. The van der Waals surface area contributed by atoms with Crippen LogP contribution in [0.15, 0.2) is 46.9 Å². The number of rotatable bonds is 12. The molecule has 2 aromatic carbocycles. The molecule has 0 saturated heterocycles. The number of nitrogens with one attached hydrogen (secondary N) is 1. The molecule has 0 aliphatic heterocycles. The Kier molecular flexibility index (Phi) is 9.75. The van der Waals surface area contributed by atoms with Crippen LogP contribution in [0.3, 0.4) is 0 Å². The molecule has 0 aliphatic carbocycles. The normalized spacial score (nSPS) is 10.9. The largest absolute Gasteiger partial charge is 0.489 e. The van der Waals surface area contributed by atoms with E-state index in [9.17, 15) is 0 Å². The Balaban J connectivity index is 1.79. The average molecular weight is 420 g/mol. The third-order valence-corrected chi connectivity index (χ3v) is 4.59. The van der Waals surface area contributed by atoms with Crippen LogP contribution in [0.4, 0.5) is 0 Å². The van der Waals surface area contributed by atoms with Gasteiger partial charge >= 0.3 is 0 Å². The first-order valence-electron chi connectivity index (χ1n) is 9.44. The number of unbranched alkanes of at least 4 members (excludes halogenated alkanes) is 1. The summed E-state index contributed by atoms with van der Waals surface area (Å²) in [5, 5.41) is 3.49. The van der Waals surface area contributed by atoms with E-state index in [1.807, 2.05) is 12.1 Å². The Morgan fingerprint density at radius 3 is 2.69 bits per heavy atom. The molecule has 142 valence electrons. The quantitative estimate of drug-likeness (QED) is 0.451. The van der Waals surface area contributed by atoms with Crippen LogP contribution in [-0.4, -0.2) is 19.8 Å². The van der Waals surface area contributed by atoms with E-state index in [-0.39, 0.29) is 0 Å². The number of halogens is 1. The van der Waals surface area contributed by atoms with Crippen molar-refractivity contribution in [3.8, 4) is 5.75 Å². The molecule has 0 fully saturated rings. The van der Waals surface area contributed by atoms with Gasteiger partial charge in [-0.05, 0) is 50.1 Å². The highest BCUT2D eigenvalue weighted by atomic mass is 79.9. The first-order chi connectivity index (χ1) is 12.7. The molecule has 1 N–H and O–H groups in total. The van der Waals surface area contributed by atoms with E-state index in [2.05, 4.69) is 65.4 Å². The SMILES string of the molecule is CCCCOCCCNCc1cc(Br)ccc1OCc1cccc(C)c1. The van der Waals surface area contributed by atoms with Crippen LogP contribution < -0.4 is 10.1 Å². The molecule has 0 aromatic heterocycles. The van der Waals surface area contributed by atoms with Gasteiger partial charge in [-0.25, -0.2) is 0 Å². The summed E-state index contributed by atoms with van der Waals surface area (Å²) in [6.45, 7) is 8.29. The molecule has 0 saturated carbocycles. The van der Waals surface area contributed by atoms with Crippen LogP contribution in [0.5, 0.6) is 5.75 Å². The number of ether oxygens (including phenoxy) is 2. The summed E-state index contributed by atoms with van der Waals surface area (Å²) >= 11 is 3.56. The molecule has 2 aromatic rings. The van der Waals surface area contributed by atoms with Crippen molar-refractivity contribution in [1.82, 2.24) is 5.32 Å². The molecule has 2 rings (SSSR count). The van der Waals surface area contributed by atoms with Gasteiger partial charge in [0.2, 0.25) is 0 Å². The summed E-state index contributed by atoms with van der Waals surface area (Å²) in [7, 11) is 0. The standard InChI is InChI=1S/C22H30BrNO2/c1-3-4-12-25-13-6-11-24-16-20-15-21(23)9-10-22(20)26-17-19-8-5-7-18(2)14-19/h5,7-10,14-15,24H,3-4,6,11-13,16-17H2,1-2H3. The highest BCUT2D eigenvalue weighted by Crippen LogP contribution is 2.24. The first kappa shape index (κ1) is 20.9. The van der Waals surface area contributed by atoms with E-state index in [0.717, 1.165) is 49.4 Å². The van der Waals surface area contributed by atoms with Crippen molar-refractivity contribution in [3.63, 3.8) is 0 Å². The first-order valence-corrected chi connectivity index (χ1v) is 10.2. The highest BCUT2D eigenvalue weighted by molar-refractivity contribution is 9.10. The van der Waals surface area contributed by atoms with Crippen molar-refractivity contribution in [2.75, 3.05) is 19.8 Å². The minimum Gasteiger partial charge on any atom is -0.489 e. The van der Waals surface area contributed by atoms with Crippen molar-refractivity contribution in [2.45, 2.75) is 46.3 Å². The van der Waals surface area contributed by atoms with Crippen molar-refractivity contribution >= 4 is 15.9 Å². The number of aryl methyl sites for hydroxylation is 1. The molecule has 26 heavy (non-hydrogen) atoms. The predicted molar refractivity (Wildman–Crippen MR) is 112 cm³/mol. The van der Waals surface area contributed by atoms with E-state index >= 15 is 0 Å². The van der Waals surface area contributed by atoms with Gasteiger partial charge < -0.3 is 14.8 Å². The van der Waals surface area contributed by atoms with Gasteiger partial charge in [-0.15, -0.1) is 0 Å². The van der Waals surface area contributed by atoms with Gasteiger partial charge in [-0.1, -0.05) is 59.1 Å². The topological polar surface area (TPSA) is 30.5 Å². The second kappa shape index (κ2) is 12.1. The second-order valence-corrected chi connectivity index (χ2v) is 7.44. The Morgan fingerprint density at radius 1 is 1.04 bits per heavy atom. The maximum absolute atomic E-state index is 6.07. The minimum absolute atomic E-state index is 0.585. The summed E-state index contributed by atoms with van der Waals surface area (Å²) in [6.07, 6.45) is 3.36. The van der Waals surface area contributed by atoms with Crippen LogP contribution in [0.1, 0.15) is 42.9 Å². The second-order valence-electron chi connectivity index (χ2n) is 6.53. The molecule has 0 bridgehead atoms. The minimum atomic E-state index is 0.585. The molecule has 3 nitrogen and oxygen atoms in total. The van der Waals surface area contributed by atoms with Gasteiger partial charge in [0.05, 0.1) is 0 Å². The van der Waals surface area contributed by atoms with Gasteiger partial charge in [0, 0.05) is 29.8 Å². The summed E-state index contributed by atoms with van der Waals surface area (Å²) in [5.41, 5.74) is 3.61. The molecule has 0 atom stereocenters. The molecule has 0 amide bonds. The maximum atomic E-state index is 6.07. The Hall–Kier alpha value is -1.36. The van der Waals surface area contributed by atoms with Crippen molar-refractivity contribution in [2.24, 2.45) is 0 Å². The molecule has 4 heteroatoms. The fourth-order valence-corrected chi connectivity index (χ4v) is 3.07. The lowest BCUT2D eigenvalue weighted by molar-refractivity contribution is 0.128. The smallest absolute Gasteiger partial charge is 0.124 e. The third-order valence-electron chi connectivity index (χ3n) is 4.10. The van der Waals surface area contributed by atoms with Crippen molar-refractivity contribution < 1.29 is 9.47 Å². The summed E-state index contributed by atoms with van der Waals surface area (Å²) < 4.78 is 12.7. The molecule has 0 spiro atoms. The third kappa shape index (κ3) is 7.90. The zero-order chi connectivity index (χ0) is 18.6. The van der Waals surface area contributed by atoms with E-state index < -0.39 is 0 Å². The van der Waals surface area contributed by atoms with Gasteiger partial charge in [0.15, 0.2) is 0 Å². The van der Waals surface area contributed by atoms with Gasteiger partial charge in [0.1, 0.15) is 12.4 Å². The average Bonchev–Trinajstić information content (AvgIpc) is 2.63. The van der Waals surface area contributed by atoms with Crippen molar-refractivity contribution in [1.29, 1.82) is 0 Å². The Labute approximate surface area is 166 Å². The monoisotopic (exact) mass is 419 g/mol. The van der Waals surface area contributed by atoms with Crippen LogP contribution in [0.2, 0.25) is 0 Å². The van der Waals surface area contributed by atoms with E-state index in [0.29, 0.717) is 6.61 Å². The molecule has 0 aliphatic rings. The van der Waals surface area contributed by atoms with Gasteiger partial charge in [-0.2, -0.15) is 0 Å². The summed E-state index contributed by atoms with van der Waals surface area (Å²) in [5.74, 6) is 0.932. The predicted octanol–water partition coefficient (Wildman–Crippen LogP) is 5.63. The van der Waals surface area contributed by atoms with E-state index in [1.54, 1.807) is 0 Å². The fraction of sp³-hybridized carbons (Fsp3) is 0.455. The lowest BCUT2D eigenvalue weighted by Crippen LogP contribution is -2.17. The zero-order valence-electron chi connectivity index (χ0n) is 15.9. The number of hydrogen-bond donors (Lipinski definition) is 1. The van der Waals surface area contributed by atoms with Gasteiger partial charge in [-0.3, -0.25) is 0 Å². The molecule has 0 radical (unpaired) electrons. The summed E-state index contributed by atoms with van der Waals surface area (Å²) in [6, 6.07) is 14.6. The fourth-order valence-electron chi connectivity index (χ4n) is 2.66. The lowest BCUT2D eigenvalue weighted by atomic mass is 10.1. The molecular formula is C22H30BrNO2. The van der Waals surface area contributed by atoms with E-state index in [1.165, 1.54) is 23.1 Å². The van der Waals surface area contributed by atoms with Crippen LogP contribution in [0, 0.1) is 6.92 Å². The molecule has 0 heterocycles. The Bertz CT molecular complexity index is 660. The van der Waals surface area contributed by atoms with Crippen LogP contribution >= 0.6 is 15.9 Å². The van der Waals surface area contributed by atoms with Crippen LogP contribution in [0.25, 0.3) is 0 Å². The highest BCUT2D eigenvalue weighted by Gasteiger charge is 2.05. The molecular weight excluding hydrogens is 390 g/mol.